The highest BCUT2D eigenvalue weighted by Gasteiger charge is 2.09. The van der Waals surface area contributed by atoms with Crippen molar-refractivity contribution in [3.8, 4) is 0 Å². The highest BCUT2D eigenvalue weighted by atomic mass is 32.2. The van der Waals surface area contributed by atoms with Crippen LogP contribution in [0, 0.1) is 0 Å². The largest absolute Gasteiger partial charge is 0.755 e. The molecule has 2 N–H and O–H groups in total. The maximum Gasteiger partial charge on any atom is 0.0453 e. The average molecular weight is 240 g/mol. The highest BCUT2D eigenvalue weighted by molar-refractivity contribution is 7.80. The number of hydrogen-bond donors (Lipinski definition) is 2. The van der Waals surface area contributed by atoms with Gasteiger partial charge in [0.05, 0.1) is 0 Å². The van der Waals surface area contributed by atoms with Crippen molar-refractivity contribution in [2.45, 2.75) is 0 Å². The zero-order chi connectivity index (χ0) is 11.4. The van der Waals surface area contributed by atoms with Crippen molar-refractivity contribution in [2.75, 3.05) is 35.8 Å². The van der Waals surface area contributed by atoms with E-state index in [1.165, 1.54) is 0 Å². The normalized spacial score (nSPS) is 18.2. The molecule has 0 aliphatic carbocycles. The Morgan fingerprint density at radius 2 is 1.88 bits per heavy atom. The molecule has 1 saturated heterocycles. The summed E-state index contributed by atoms with van der Waals surface area (Å²) < 4.78 is 23.2. The van der Waals surface area contributed by atoms with Crippen LogP contribution in [0.2, 0.25) is 0 Å². The number of piperazine rings is 1. The molecule has 88 valence electrons. The topological polar surface area (TPSA) is 67.4 Å². The third-order valence-corrected chi connectivity index (χ3v) is 2.95. The second-order valence-corrected chi connectivity index (χ2v) is 4.29. The summed E-state index contributed by atoms with van der Waals surface area (Å²) in [4.78, 5) is 2.27. The molecule has 0 radical (unpaired) electrons. The molecule has 1 unspecified atom stereocenters. The maximum atomic E-state index is 10.4. The second-order valence-electron chi connectivity index (χ2n) is 3.62. The molecule has 1 aliphatic heterocycles. The monoisotopic (exact) mass is 240 g/mol. The zero-order valence-electron chi connectivity index (χ0n) is 8.81. The molecule has 1 aromatic rings. The predicted molar refractivity (Wildman–Crippen MR) is 64.1 cm³/mol. The fourth-order valence-corrected chi connectivity index (χ4v) is 2.09. The summed E-state index contributed by atoms with van der Waals surface area (Å²) >= 11 is -2.25. The lowest BCUT2D eigenvalue weighted by molar-refractivity contribution is 0.542. The molecule has 16 heavy (non-hydrogen) atoms. The fourth-order valence-electron chi connectivity index (χ4n) is 1.76. The lowest BCUT2D eigenvalue weighted by Crippen LogP contribution is -2.43. The van der Waals surface area contributed by atoms with Crippen LogP contribution < -0.4 is 14.9 Å². The Labute approximate surface area is 97.3 Å². The molecule has 5 nitrogen and oxygen atoms in total. The van der Waals surface area contributed by atoms with E-state index in [-0.39, 0.29) is 0 Å². The van der Waals surface area contributed by atoms with Crippen LogP contribution in [0.25, 0.3) is 0 Å². The predicted octanol–water partition coefficient (Wildman–Crippen LogP) is 0.302. The van der Waals surface area contributed by atoms with Gasteiger partial charge in [-0.15, -0.1) is 0 Å². The van der Waals surface area contributed by atoms with Gasteiger partial charge in [-0.2, -0.15) is 0 Å². The molecule has 0 saturated carbocycles. The van der Waals surface area contributed by atoms with Gasteiger partial charge >= 0.3 is 0 Å². The Hall–Kier alpha value is -1.11. The van der Waals surface area contributed by atoms with E-state index in [0.29, 0.717) is 5.69 Å². The molecule has 2 rings (SSSR count). The van der Waals surface area contributed by atoms with Gasteiger partial charge in [0.2, 0.25) is 0 Å². The van der Waals surface area contributed by atoms with Crippen LogP contribution in [0.5, 0.6) is 0 Å². The van der Waals surface area contributed by atoms with E-state index in [4.69, 9.17) is 0 Å². The van der Waals surface area contributed by atoms with Crippen LogP contribution >= 0.6 is 0 Å². The van der Waals surface area contributed by atoms with Crippen LogP contribution in [-0.2, 0) is 11.3 Å². The lowest BCUT2D eigenvalue weighted by atomic mass is 10.2. The van der Waals surface area contributed by atoms with Crippen LogP contribution in [0.4, 0.5) is 11.4 Å². The molecule has 6 heteroatoms. The highest BCUT2D eigenvalue weighted by Crippen LogP contribution is 2.18. The van der Waals surface area contributed by atoms with Crippen LogP contribution in [0.3, 0.4) is 0 Å². The van der Waals surface area contributed by atoms with Gasteiger partial charge in [-0.1, -0.05) is 0 Å². The van der Waals surface area contributed by atoms with Crippen molar-refractivity contribution >= 4 is 22.6 Å². The van der Waals surface area contributed by atoms with Gasteiger partial charge < -0.3 is 19.5 Å². The first-order valence-corrected chi connectivity index (χ1v) is 6.25. The Morgan fingerprint density at radius 3 is 2.44 bits per heavy atom. The van der Waals surface area contributed by atoms with E-state index >= 15 is 0 Å². The number of anilines is 2. The Bertz CT molecular complexity index is 363. The first-order chi connectivity index (χ1) is 7.75. The minimum Gasteiger partial charge on any atom is -0.755 e. The van der Waals surface area contributed by atoms with Crippen molar-refractivity contribution in [1.29, 1.82) is 0 Å². The first-order valence-electron chi connectivity index (χ1n) is 5.17. The van der Waals surface area contributed by atoms with Crippen molar-refractivity contribution in [3.05, 3.63) is 24.3 Å². The molecule has 1 aliphatic rings. The summed E-state index contributed by atoms with van der Waals surface area (Å²) in [5.41, 5.74) is 1.72. The van der Waals surface area contributed by atoms with Gasteiger partial charge in [0, 0.05) is 48.8 Å². The molecular formula is C10H14N3O2S-. The number of nitrogens with zero attached hydrogens (tertiary/aromatic N) is 1. The summed E-state index contributed by atoms with van der Waals surface area (Å²) in [6, 6.07) is 7.40. The van der Waals surface area contributed by atoms with Crippen molar-refractivity contribution in [3.63, 3.8) is 0 Å². The van der Waals surface area contributed by atoms with Gasteiger partial charge in [0.25, 0.3) is 0 Å². The van der Waals surface area contributed by atoms with Crippen molar-refractivity contribution < 1.29 is 8.76 Å². The van der Waals surface area contributed by atoms with Crippen LogP contribution in [0.15, 0.2) is 24.3 Å². The number of nitrogens with one attached hydrogen (secondary N) is 2. The second kappa shape index (κ2) is 5.29. The number of hydrogen-bond acceptors (Lipinski definition) is 4. The van der Waals surface area contributed by atoms with Gasteiger partial charge in [0.15, 0.2) is 0 Å². The Kier molecular flexibility index (Phi) is 3.76. The van der Waals surface area contributed by atoms with E-state index in [1.807, 2.05) is 12.1 Å². The molecule has 0 bridgehead atoms. The summed E-state index contributed by atoms with van der Waals surface area (Å²) in [7, 11) is 0. The van der Waals surface area contributed by atoms with Gasteiger partial charge in [-0.25, -0.2) is 0 Å². The zero-order valence-corrected chi connectivity index (χ0v) is 9.63. The minimum absolute atomic E-state index is 0.590. The third-order valence-electron chi connectivity index (χ3n) is 2.55. The number of benzene rings is 1. The van der Waals surface area contributed by atoms with E-state index in [9.17, 15) is 8.76 Å². The van der Waals surface area contributed by atoms with E-state index in [0.717, 1.165) is 31.9 Å². The molecular weight excluding hydrogens is 226 g/mol. The lowest BCUT2D eigenvalue weighted by Gasteiger charge is -2.29. The van der Waals surface area contributed by atoms with Crippen LogP contribution in [0.1, 0.15) is 0 Å². The van der Waals surface area contributed by atoms with Crippen molar-refractivity contribution in [2.24, 2.45) is 0 Å². The standard InChI is InChI=1S/C10H15N3O2S/c14-16(15)12-9-1-3-10(4-2-9)13-7-5-11-6-8-13/h1-4,11-12H,5-8H2,(H,14,15)/p-1. The summed E-state index contributed by atoms with van der Waals surface area (Å²) in [6.45, 7) is 3.95. The summed E-state index contributed by atoms with van der Waals surface area (Å²) in [5, 5.41) is 3.29. The molecule has 0 aromatic heterocycles. The first kappa shape index (κ1) is 11.4. The van der Waals surface area contributed by atoms with Gasteiger partial charge in [-0.05, 0) is 24.3 Å². The summed E-state index contributed by atoms with van der Waals surface area (Å²) in [5.74, 6) is 0. The molecule has 1 atom stereocenters. The maximum absolute atomic E-state index is 10.4. The fraction of sp³-hybridized carbons (Fsp3) is 0.400. The van der Waals surface area contributed by atoms with E-state index in [2.05, 4.69) is 14.9 Å². The SMILES string of the molecule is O=S([O-])Nc1ccc(N2CCNCC2)cc1. The number of rotatable bonds is 3. The Morgan fingerprint density at radius 1 is 1.25 bits per heavy atom. The van der Waals surface area contributed by atoms with Gasteiger partial charge in [0.1, 0.15) is 0 Å². The molecule has 1 aromatic carbocycles. The van der Waals surface area contributed by atoms with Crippen LogP contribution in [-0.4, -0.2) is 34.9 Å². The molecule has 0 amide bonds. The Balaban J connectivity index is 2.03. The third kappa shape index (κ3) is 2.94. The minimum atomic E-state index is -2.25. The molecule has 0 spiro atoms. The van der Waals surface area contributed by atoms with Gasteiger partial charge in [-0.3, -0.25) is 4.21 Å². The quantitative estimate of drug-likeness (QED) is 0.746. The van der Waals surface area contributed by atoms with Crippen molar-refractivity contribution in [1.82, 2.24) is 5.32 Å². The molecule has 1 heterocycles. The molecule has 1 fully saturated rings. The van der Waals surface area contributed by atoms with E-state index < -0.39 is 11.3 Å². The average Bonchev–Trinajstić information content (AvgIpc) is 2.30. The summed E-state index contributed by atoms with van der Waals surface area (Å²) in [6.07, 6.45) is 0. The smallest absolute Gasteiger partial charge is 0.0453 e. The van der Waals surface area contributed by atoms with E-state index in [1.54, 1.807) is 12.1 Å².